The Labute approximate surface area is 396 Å². The third kappa shape index (κ3) is 9.66. The van der Waals surface area contributed by atoms with E-state index in [2.05, 4.69) is 201 Å². The Balaban J connectivity index is 0.846. The van der Waals surface area contributed by atoms with Crippen molar-refractivity contribution in [1.29, 1.82) is 10.8 Å². The lowest BCUT2D eigenvalue weighted by molar-refractivity contribution is 1.28. The lowest BCUT2D eigenvalue weighted by Gasteiger charge is -2.26. The number of hydrazone groups is 2. The van der Waals surface area contributed by atoms with Crippen LogP contribution < -0.4 is 20.7 Å². The third-order valence-corrected chi connectivity index (χ3v) is 11.7. The van der Waals surface area contributed by atoms with E-state index in [1.807, 2.05) is 72.9 Å². The molecule has 326 valence electrons. The van der Waals surface area contributed by atoms with Crippen molar-refractivity contribution in [3.8, 4) is 33.4 Å². The SMILES string of the molecule is N=C1C=CC=C/C1=N/Nc1ccc(-c2ccc(N(c3ccccc3)c3ccc(-c4ccc(N(c5ccccc5)c5ccc(-c6ccc(N/N=C7/C=CC=CC7=N)cc6)cc5)cc4)cc3)cc2)cc1. The van der Waals surface area contributed by atoms with Crippen LogP contribution in [0, 0.1) is 10.8 Å². The minimum atomic E-state index is 0.380. The number of rotatable bonds is 13. The summed E-state index contributed by atoms with van der Waals surface area (Å²) in [5.74, 6) is 0. The first-order valence-corrected chi connectivity index (χ1v) is 22.4. The maximum Gasteiger partial charge on any atom is 0.108 e. The average molecular weight is 879 g/mol. The predicted molar refractivity (Wildman–Crippen MR) is 286 cm³/mol. The van der Waals surface area contributed by atoms with E-state index >= 15 is 0 Å². The largest absolute Gasteiger partial charge is 0.311 e. The highest BCUT2D eigenvalue weighted by atomic mass is 15.3. The molecule has 68 heavy (non-hydrogen) atoms. The Kier molecular flexibility index (Phi) is 12.4. The van der Waals surface area contributed by atoms with E-state index in [4.69, 9.17) is 10.8 Å². The van der Waals surface area contributed by atoms with Crippen LogP contribution in [0.4, 0.5) is 45.5 Å². The van der Waals surface area contributed by atoms with Gasteiger partial charge in [0.15, 0.2) is 0 Å². The number of para-hydroxylation sites is 2. The molecule has 8 nitrogen and oxygen atoms in total. The van der Waals surface area contributed by atoms with Crippen LogP contribution in [0.15, 0.2) is 265 Å². The van der Waals surface area contributed by atoms with Crippen LogP contribution in [0.3, 0.4) is 0 Å². The molecule has 8 heteroatoms. The van der Waals surface area contributed by atoms with E-state index in [9.17, 15) is 0 Å². The van der Waals surface area contributed by atoms with Crippen LogP contribution in [-0.4, -0.2) is 22.8 Å². The van der Waals surface area contributed by atoms with Crippen molar-refractivity contribution in [2.45, 2.75) is 0 Å². The molecule has 0 radical (unpaired) electrons. The molecule has 0 atom stereocenters. The molecule has 0 bridgehead atoms. The number of nitrogens with one attached hydrogen (secondary N) is 4. The fourth-order valence-corrected chi connectivity index (χ4v) is 8.13. The zero-order chi connectivity index (χ0) is 46.1. The molecule has 10 rings (SSSR count). The molecule has 0 aliphatic heterocycles. The van der Waals surface area contributed by atoms with E-state index in [-0.39, 0.29) is 0 Å². The fraction of sp³-hybridized carbons (Fsp3) is 0. The zero-order valence-corrected chi connectivity index (χ0v) is 37.0. The van der Waals surface area contributed by atoms with Gasteiger partial charge in [-0.05, 0) is 155 Å². The summed E-state index contributed by atoms with van der Waals surface area (Å²) in [6, 6.07) is 72.1. The highest BCUT2D eigenvalue weighted by Crippen LogP contribution is 2.39. The molecule has 4 N–H and O–H groups in total. The Morgan fingerprint density at radius 1 is 0.279 bits per heavy atom. The Hall–Kier alpha value is -9.40. The first kappa shape index (κ1) is 42.5. The summed E-state index contributed by atoms with van der Waals surface area (Å²) < 4.78 is 0. The summed E-state index contributed by atoms with van der Waals surface area (Å²) in [5.41, 5.74) is 22.9. The normalized spacial score (nSPS) is 14.1. The van der Waals surface area contributed by atoms with Gasteiger partial charge < -0.3 is 9.80 Å². The number of allylic oxidation sites excluding steroid dienone is 8. The maximum absolute atomic E-state index is 8.05. The van der Waals surface area contributed by atoms with Crippen LogP contribution in [0.25, 0.3) is 33.4 Å². The van der Waals surface area contributed by atoms with Crippen LogP contribution in [0.5, 0.6) is 0 Å². The summed E-state index contributed by atoms with van der Waals surface area (Å²) in [5, 5.41) is 24.9. The van der Waals surface area contributed by atoms with E-state index in [1.165, 1.54) is 0 Å². The summed E-state index contributed by atoms with van der Waals surface area (Å²) >= 11 is 0. The van der Waals surface area contributed by atoms with Gasteiger partial charge in [-0.15, -0.1) is 0 Å². The van der Waals surface area contributed by atoms with Gasteiger partial charge in [-0.1, -0.05) is 133 Å². The van der Waals surface area contributed by atoms with Crippen molar-refractivity contribution in [2.24, 2.45) is 10.2 Å². The Bertz CT molecular complexity index is 3020. The van der Waals surface area contributed by atoms with Crippen molar-refractivity contribution >= 4 is 68.3 Å². The van der Waals surface area contributed by atoms with Gasteiger partial charge in [-0.2, -0.15) is 10.2 Å². The van der Waals surface area contributed by atoms with Crippen molar-refractivity contribution in [3.05, 3.63) is 255 Å². The van der Waals surface area contributed by atoms with Gasteiger partial charge in [0.25, 0.3) is 0 Å². The lowest BCUT2D eigenvalue weighted by Crippen LogP contribution is -2.11. The van der Waals surface area contributed by atoms with Crippen LogP contribution >= 0.6 is 0 Å². The lowest BCUT2D eigenvalue weighted by atomic mass is 10.0. The number of benzene rings is 8. The first-order valence-electron chi connectivity index (χ1n) is 22.4. The van der Waals surface area contributed by atoms with Crippen molar-refractivity contribution < 1.29 is 0 Å². The third-order valence-electron chi connectivity index (χ3n) is 11.7. The second-order valence-electron chi connectivity index (χ2n) is 16.2. The molecule has 0 saturated heterocycles. The number of hydrogen-bond acceptors (Lipinski definition) is 8. The Morgan fingerprint density at radius 3 is 0.809 bits per heavy atom. The van der Waals surface area contributed by atoms with E-state index in [0.717, 1.165) is 78.9 Å². The topological polar surface area (TPSA) is 103 Å². The van der Waals surface area contributed by atoms with Gasteiger partial charge in [0.05, 0.1) is 22.8 Å². The zero-order valence-electron chi connectivity index (χ0n) is 37.0. The van der Waals surface area contributed by atoms with Gasteiger partial charge in [0, 0.05) is 34.1 Å². The second kappa shape index (κ2) is 19.8. The number of nitrogens with zero attached hydrogens (tertiary/aromatic N) is 4. The fourth-order valence-electron chi connectivity index (χ4n) is 8.13. The molecule has 8 aromatic carbocycles. The minimum Gasteiger partial charge on any atom is -0.311 e. The van der Waals surface area contributed by atoms with Gasteiger partial charge >= 0.3 is 0 Å². The summed E-state index contributed by atoms with van der Waals surface area (Å²) in [6.07, 6.45) is 14.5. The van der Waals surface area contributed by atoms with Crippen molar-refractivity contribution in [2.75, 3.05) is 20.7 Å². The molecule has 0 aromatic heterocycles. The van der Waals surface area contributed by atoms with Gasteiger partial charge in [-0.3, -0.25) is 21.7 Å². The highest BCUT2D eigenvalue weighted by molar-refractivity contribution is 6.50. The molecule has 0 saturated carbocycles. The van der Waals surface area contributed by atoms with E-state index < -0.39 is 0 Å². The molecular formula is C60H46N8. The molecular weight excluding hydrogens is 833 g/mol. The van der Waals surface area contributed by atoms with Gasteiger partial charge in [0.1, 0.15) is 11.4 Å². The Morgan fingerprint density at radius 2 is 0.529 bits per heavy atom. The average Bonchev–Trinajstić information content (AvgIpc) is 3.40. The van der Waals surface area contributed by atoms with Crippen LogP contribution in [-0.2, 0) is 0 Å². The molecule has 0 heterocycles. The second-order valence-corrected chi connectivity index (χ2v) is 16.2. The standard InChI is InChI=1S/C60H46N8/c61-57-15-7-9-17-59(57)65-63-49-31-19-43(20-32-49)45-23-35-53(36-24-45)67(51-11-3-1-4-12-51)55-39-27-47(28-40-55)48-29-41-56(42-30-48)68(52-13-5-2-6-14-52)54-37-25-46(26-38-54)44-21-33-50(34-22-44)64-66-60-18-10-8-16-58(60)62/h1-42,61-64H/b61-57?,62-58?,65-59-,66-60-. The molecule has 0 fully saturated rings. The summed E-state index contributed by atoms with van der Waals surface area (Å²) in [6.45, 7) is 0. The van der Waals surface area contributed by atoms with Gasteiger partial charge in [-0.25, -0.2) is 0 Å². The monoisotopic (exact) mass is 878 g/mol. The molecule has 8 aromatic rings. The quantitative estimate of drug-likeness (QED) is 0.0684. The smallest absolute Gasteiger partial charge is 0.108 e. The maximum atomic E-state index is 8.05. The van der Waals surface area contributed by atoms with E-state index in [0.29, 0.717) is 22.8 Å². The highest BCUT2D eigenvalue weighted by Gasteiger charge is 2.16. The molecule has 0 amide bonds. The minimum absolute atomic E-state index is 0.380. The number of hydrogen-bond donors (Lipinski definition) is 4. The summed E-state index contributed by atoms with van der Waals surface area (Å²) in [4.78, 5) is 4.56. The summed E-state index contributed by atoms with van der Waals surface area (Å²) in [7, 11) is 0. The van der Waals surface area contributed by atoms with Crippen LogP contribution in [0.1, 0.15) is 0 Å². The molecule has 2 aliphatic carbocycles. The molecule has 0 spiro atoms. The predicted octanol–water partition coefficient (Wildman–Crippen LogP) is 15.5. The molecule has 0 unspecified atom stereocenters. The van der Waals surface area contributed by atoms with E-state index in [1.54, 1.807) is 12.2 Å². The number of anilines is 8. The van der Waals surface area contributed by atoms with Crippen LogP contribution in [0.2, 0.25) is 0 Å². The van der Waals surface area contributed by atoms with Crippen molar-refractivity contribution in [1.82, 2.24) is 0 Å². The van der Waals surface area contributed by atoms with Crippen molar-refractivity contribution in [3.63, 3.8) is 0 Å². The first-order chi connectivity index (χ1) is 33.5. The van der Waals surface area contributed by atoms with Gasteiger partial charge in [0.2, 0.25) is 0 Å². The molecule has 2 aliphatic rings.